The van der Waals surface area contributed by atoms with Gasteiger partial charge in [-0.3, -0.25) is 14.5 Å². The minimum absolute atomic E-state index is 0.0864. The highest BCUT2D eigenvalue weighted by atomic mass is 35.5. The summed E-state index contributed by atoms with van der Waals surface area (Å²) < 4.78 is 0. The first-order valence-corrected chi connectivity index (χ1v) is 7.46. The van der Waals surface area contributed by atoms with Gasteiger partial charge in [0.05, 0.1) is 0 Å². The first-order valence-electron chi connectivity index (χ1n) is 7.08. The molecule has 1 N–H and O–H groups in total. The Morgan fingerprint density at radius 3 is 2.27 bits per heavy atom. The van der Waals surface area contributed by atoms with E-state index in [0.717, 1.165) is 4.90 Å². The minimum Gasteiger partial charge on any atom is -0.338 e. The predicted molar refractivity (Wildman–Crippen MR) is 80.6 cm³/mol. The van der Waals surface area contributed by atoms with Gasteiger partial charge in [0.25, 0.3) is 11.8 Å². The number of piperidine rings is 1. The number of amides is 4. The lowest BCUT2D eigenvalue weighted by atomic mass is 9.87. The van der Waals surface area contributed by atoms with Gasteiger partial charge in [-0.15, -0.1) is 0 Å². The van der Waals surface area contributed by atoms with E-state index in [4.69, 9.17) is 11.6 Å². The van der Waals surface area contributed by atoms with Crippen LogP contribution < -0.4 is 5.32 Å². The van der Waals surface area contributed by atoms with Crippen LogP contribution in [0.4, 0.5) is 4.79 Å². The SMILES string of the molecule is CN1C(=O)NC2(CCN(C(=O)c3ccc(Cl)cc3)CC2)C1=O. The van der Waals surface area contributed by atoms with Crippen LogP contribution in [0.2, 0.25) is 5.02 Å². The molecule has 2 aliphatic heterocycles. The molecule has 0 aromatic heterocycles. The number of likely N-dealkylation sites (tertiary alicyclic amines) is 1. The highest BCUT2D eigenvalue weighted by Crippen LogP contribution is 2.29. The molecule has 0 saturated carbocycles. The van der Waals surface area contributed by atoms with Crippen LogP contribution in [0.15, 0.2) is 24.3 Å². The molecule has 6 nitrogen and oxygen atoms in total. The lowest BCUT2D eigenvalue weighted by Crippen LogP contribution is -2.55. The molecule has 22 heavy (non-hydrogen) atoms. The Labute approximate surface area is 133 Å². The highest BCUT2D eigenvalue weighted by Gasteiger charge is 2.51. The Kier molecular flexibility index (Phi) is 3.56. The molecule has 4 amide bonds. The summed E-state index contributed by atoms with van der Waals surface area (Å²) in [4.78, 5) is 39.1. The van der Waals surface area contributed by atoms with E-state index < -0.39 is 5.54 Å². The summed E-state index contributed by atoms with van der Waals surface area (Å²) >= 11 is 5.82. The number of likely N-dealkylation sites (N-methyl/N-ethyl adjacent to an activating group) is 1. The molecular formula is C15H16ClN3O3. The summed E-state index contributed by atoms with van der Waals surface area (Å²) in [5.41, 5.74) is -0.276. The molecule has 2 saturated heterocycles. The summed E-state index contributed by atoms with van der Waals surface area (Å²) in [7, 11) is 1.47. The lowest BCUT2D eigenvalue weighted by molar-refractivity contribution is -0.131. The maximum atomic E-state index is 12.4. The van der Waals surface area contributed by atoms with Crippen LogP contribution in [0.3, 0.4) is 0 Å². The lowest BCUT2D eigenvalue weighted by Gasteiger charge is -2.37. The number of benzene rings is 1. The van der Waals surface area contributed by atoms with Gasteiger partial charge in [0.15, 0.2) is 0 Å². The fourth-order valence-electron chi connectivity index (χ4n) is 2.96. The van der Waals surface area contributed by atoms with E-state index in [1.165, 1.54) is 7.05 Å². The van der Waals surface area contributed by atoms with E-state index in [0.29, 0.717) is 36.5 Å². The molecular weight excluding hydrogens is 306 g/mol. The topological polar surface area (TPSA) is 69.7 Å². The Balaban J connectivity index is 1.69. The quantitative estimate of drug-likeness (QED) is 0.797. The van der Waals surface area contributed by atoms with Gasteiger partial charge in [-0.1, -0.05) is 11.6 Å². The summed E-state index contributed by atoms with van der Waals surface area (Å²) in [6.07, 6.45) is 0.864. The fraction of sp³-hybridized carbons (Fsp3) is 0.400. The van der Waals surface area contributed by atoms with Crippen molar-refractivity contribution in [1.82, 2.24) is 15.1 Å². The average Bonchev–Trinajstić information content (AvgIpc) is 2.73. The number of nitrogens with one attached hydrogen (secondary N) is 1. The third-order valence-corrected chi connectivity index (χ3v) is 4.61. The van der Waals surface area contributed by atoms with Gasteiger partial charge >= 0.3 is 6.03 Å². The molecule has 3 rings (SSSR count). The molecule has 0 bridgehead atoms. The van der Waals surface area contributed by atoms with Crippen molar-refractivity contribution in [2.75, 3.05) is 20.1 Å². The number of rotatable bonds is 1. The molecule has 1 aromatic rings. The van der Waals surface area contributed by atoms with Crippen molar-refractivity contribution in [2.24, 2.45) is 0 Å². The third kappa shape index (κ3) is 2.33. The summed E-state index contributed by atoms with van der Waals surface area (Å²) in [6, 6.07) is 6.35. The maximum Gasteiger partial charge on any atom is 0.324 e. The summed E-state index contributed by atoms with van der Waals surface area (Å²) in [6.45, 7) is 0.864. The van der Waals surface area contributed by atoms with Gasteiger partial charge in [-0.2, -0.15) is 0 Å². The van der Waals surface area contributed by atoms with Crippen LogP contribution >= 0.6 is 11.6 Å². The second kappa shape index (κ2) is 5.28. The van der Waals surface area contributed by atoms with Gasteiger partial charge in [0, 0.05) is 30.7 Å². The Hall–Kier alpha value is -2.08. The zero-order valence-electron chi connectivity index (χ0n) is 12.1. The zero-order chi connectivity index (χ0) is 15.9. The highest BCUT2D eigenvalue weighted by molar-refractivity contribution is 6.30. The monoisotopic (exact) mass is 321 g/mol. The van der Waals surface area contributed by atoms with E-state index in [1.54, 1.807) is 29.2 Å². The molecule has 2 aliphatic rings. The van der Waals surface area contributed by atoms with Crippen LogP contribution in [0.1, 0.15) is 23.2 Å². The molecule has 7 heteroatoms. The first-order chi connectivity index (χ1) is 10.4. The standard InChI is InChI=1S/C15H16ClN3O3/c1-18-13(21)15(17-14(18)22)6-8-19(9-7-15)12(20)10-2-4-11(16)5-3-10/h2-5H,6-9H2,1H3,(H,17,22). The molecule has 0 radical (unpaired) electrons. The third-order valence-electron chi connectivity index (χ3n) is 4.36. The number of imide groups is 1. The van der Waals surface area contributed by atoms with Gasteiger partial charge < -0.3 is 10.2 Å². The van der Waals surface area contributed by atoms with E-state index in [9.17, 15) is 14.4 Å². The summed E-state index contributed by atoms with van der Waals surface area (Å²) in [5.74, 6) is -0.298. The number of halogens is 1. The van der Waals surface area contributed by atoms with Gasteiger partial charge in [-0.05, 0) is 37.1 Å². The molecule has 0 aliphatic carbocycles. The minimum atomic E-state index is -0.845. The van der Waals surface area contributed by atoms with Crippen molar-refractivity contribution in [2.45, 2.75) is 18.4 Å². The molecule has 2 heterocycles. The number of hydrogen-bond donors (Lipinski definition) is 1. The van der Waals surface area contributed by atoms with Crippen LogP contribution in [-0.2, 0) is 4.79 Å². The Morgan fingerprint density at radius 1 is 1.18 bits per heavy atom. The Bertz CT molecular complexity index is 636. The molecule has 2 fully saturated rings. The fourth-order valence-corrected chi connectivity index (χ4v) is 3.09. The molecule has 1 aromatic carbocycles. The number of nitrogens with zero attached hydrogens (tertiary/aromatic N) is 2. The number of carbonyl (C=O) groups is 3. The van der Waals surface area contributed by atoms with Gasteiger partial charge in [0.2, 0.25) is 0 Å². The zero-order valence-corrected chi connectivity index (χ0v) is 12.9. The van der Waals surface area contributed by atoms with Crippen molar-refractivity contribution >= 4 is 29.4 Å². The maximum absolute atomic E-state index is 12.4. The molecule has 116 valence electrons. The number of urea groups is 1. The normalized spacial score (nSPS) is 20.5. The number of carbonyl (C=O) groups excluding carboxylic acids is 3. The first kappa shape index (κ1) is 14.8. The van der Waals surface area contributed by atoms with E-state index >= 15 is 0 Å². The molecule has 1 spiro atoms. The van der Waals surface area contributed by atoms with Gasteiger partial charge in [-0.25, -0.2) is 4.79 Å². The van der Waals surface area contributed by atoms with Crippen molar-refractivity contribution in [3.63, 3.8) is 0 Å². The smallest absolute Gasteiger partial charge is 0.324 e. The van der Waals surface area contributed by atoms with E-state index in [1.807, 2.05) is 0 Å². The Morgan fingerprint density at radius 2 is 1.77 bits per heavy atom. The van der Waals surface area contributed by atoms with Crippen molar-refractivity contribution < 1.29 is 14.4 Å². The summed E-state index contributed by atoms with van der Waals surface area (Å²) in [5, 5.41) is 3.34. The van der Waals surface area contributed by atoms with Crippen molar-refractivity contribution in [3.8, 4) is 0 Å². The van der Waals surface area contributed by atoms with Crippen molar-refractivity contribution in [3.05, 3.63) is 34.9 Å². The van der Waals surface area contributed by atoms with Crippen LogP contribution in [0.25, 0.3) is 0 Å². The van der Waals surface area contributed by atoms with E-state index in [2.05, 4.69) is 5.32 Å². The largest absolute Gasteiger partial charge is 0.338 e. The van der Waals surface area contributed by atoms with Crippen LogP contribution in [-0.4, -0.2) is 53.3 Å². The average molecular weight is 322 g/mol. The molecule has 0 unspecified atom stereocenters. The second-order valence-electron chi connectivity index (χ2n) is 5.68. The van der Waals surface area contributed by atoms with Crippen molar-refractivity contribution in [1.29, 1.82) is 0 Å². The van der Waals surface area contributed by atoms with Gasteiger partial charge in [0.1, 0.15) is 5.54 Å². The van der Waals surface area contributed by atoms with Crippen LogP contribution in [0.5, 0.6) is 0 Å². The van der Waals surface area contributed by atoms with Crippen LogP contribution in [0, 0.1) is 0 Å². The molecule has 0 atom stereocenters. The second-order valence-corrected chi connectivity index (χ2v) is 6.11. The number of hydrogen-bond acceptors (Lipinski definition) is 3. The van der Waals surface area contributed by atoms with E-state index in [-0.39, 0.29) is 17.8 Å². The predicted octanol–water partition coefficient (Wildman–Crippen LogP) is 1.50.